The Morgan fingerprint density at radius 2 is 1.87 bits per heavy atom. The van der Waals surface area contributed by atoms with Crippen molar-refractivity contribution in [3.8, 4) is 0 Å². The van der Waals surface area contributed by atoms with E-state index >= 15 is 0 Å². The predicted molar refractivity (Wildman–Crippen MR) is 131 cm³/mol. The van der Waals surface area contributed by atoms with Crippen molar-refractivity contribution in [1.82, 2.24) is 20.4 Å². The molecule has 1 aromatic carbocycles. The number of nitrogens with one attached hydrogen (secondary N) is 2. The van der Waals surface area contributed by atoms with Crippen LogP contribution in [0.4, 0.5) is 8.78 Å². The molecule has 1 aromatic rings. The van der Waals surface area contributed by atoms with Crippen LogP contribution in [0.5, 0.6) is 0 Å². The highest BCUT2D eigenvalue weighted by molar-refractivity contribution is 6.02. The van der Waals surface area contributed by atoms with E-state index in [9.17, 15) is 33.4 Å². The molecule has 0 unspecified atom stereocenters. The molecule has 4 heterocycles. The third-order valence-corrected chi connectivity index (χ3v) is 8.36. The van der Waals surface area contributed by atoms with Gasteiger partial charge in [-0.25, -0.2) is 18.8 Å². The van der Waals surface area contributed by atoms with Gasteiger partial charge in [0.15, 0.2) is 17.6 Å². The number of amides is 3. The Hall–Kier alpha value is -3.85. The largest absolute Gasteiger partial charge is 0.370 e. The zero-order chi connectivity index (χ0) is 27.9. The van der Waals surface area contributed by atoms with E-state index in [4.69, 9.17) is 11.5 Å². The van der Waals surface area contributed by atoms with E-state index in [1.807, 2.05) is 0 Å². The van der Waals surface area contributed by atoms with Gasteiger partial charge in [0.05, 0.1) is 12.6 Å². The quantitative estimate of drug-likeness (QED) is 0.183. The van der Waals surface area contributed by atoms with Crippen LogP contribution < -0.4 is 22.1 Å². The monoisotopic (exact) mass is 546 g/mol. The lowest BCUT2D eigenvalue weighted by molar-refractivity contribution is -0.230. The lowest BCUT2D eigenvalue weighted by Gasteiger charge is -2.49. The molecule has 15 heteroatoms. The van der Waals surface area contributed by atoms with Gasteiger partial charge in [0, 0.05) is 36.9 Å². The molecule has 6 rings (SSSR count). The number of likely N-dealkylation sites (tertiary alicyclic amines) is 1. The number of aliphatic imine (C=N–C) groups is 2. The first-order valence-corrected chi connectivity index (χ1v) is 12.7. The van der Waals surface area contributed by atoms with Crippen LogP contribution in [0.2, 0.25) is 0 Å². The molecule has 5 aliphatic rings. The number of fused-ring (bicyclic) bond motifs is 1. The summed E-state index contributed by atoms with van der Waals surface area (Å²) in [6.07, 6.45) is 0.284. The Morgan fingerprint density at radius 1 is 1.15 bits per heavy atom. The van der Waals surface area contributed by atoms with Gasteiger partial charge >= 0.3 is 0 Å². The van der Waals surface area contributed by atoms with E-state index < -0.39 is 41.4 Å². The minimum atomic E-state index is -3.07. The normalized spacial score (nSPS) is 32.2. The van der Waals surface area contributed by atoms with Crippen molar-refractivity contribution in [2.24, 2.45) is 21.5 Å². The smallest absolute Gasteiger partial charge is 0.273 e. The molecule has 39 heavy (non-hydrogen) atoms. The molecule has 1 spiro atoms. The van der Waals surface area contributed by atoms with Crippen LogP contribution in [-0.4, -0.2) is 92.3 Å². The van der Waals surface area contributed by atoms with Crippen molar-refractivity contribution in [1.29, 1.82) is 0 Å². The van der Waals surface area contributed by atoms with Crippen LogP contribution in [0, 0.1) is 0 Å². The average Bonchev–Trinajstić information content (AvgIpc) is 3.46. The van der Waals surface area contributed by atoms with E-state index in [1.54, 1.807) is 0 Å². The Labute approximate surface area is 220 Å². The van der Waals surface area contributed by atoms with Crippen LogP contribution in [-0.2, 0) is 21.9 Å². The standard InChI is InChI=1S/C24H28F2N8O5/c25-22(26)8-2-4-11-12(3-1-5-13(11)22)19(37)30-15-10-34-21(28)29-14(9-33-16(35)6-7-17(33)36)18-23(34,24(15,38)39)32-20(27)31-18/h1,3,5,14-15,18,38-39H,2,4,6-10H2,(H2,28,29)(H,30,37)(H3,27,31,32)/t14-,15-,18-,23-/m0/s1. The fourth-order valence-corrected chi connectivity index (χ4v) is 6.52. The second-order valence-electron chi connectivity index (χ2n) is 10.6. The zero-order valence-corrected chi connectivity index (χ0v) is 20.7. The highest BCUT2D eigenvalue weighted by Crippen LogP contribution is 2.45. The van der Waals surface area contributed by atoms with Gasteiger partial charge in [-0.1, -0.05) is 12.1 Å². The minimum Gasteiger partial charge on any atom is -0.370 e. The summed E-state index contributed by atoms with van der Waals surface area (Å²) in [6, 6.07) is 0.628. The summed E-state index contributed by atoms with van der Waals surface area (Å²) in [5, 5.41) is 28.5. The summed E-state index contributed by atoms with van der Waals surface area (Å²) in [7, 11) is 0. The Kier molecular flexibility index (Phi) is 5.43. The molecule has 1 aliphatic carbocycles. The number of nitrogens with zero attached hydrogens (tertiary/aromatic N) is 4. The number of halogens is 2. The van der Waals surface area contributed by atoms with Crippen LogP contribution in [0.15, 0.2) is 28.2 Å². The van der Waals surface area contributed by atoms with Crippen molar-refractivity contribution >= 4 is 29.6 Å². The van der Waals surface area contributed by atoms with Crippen LogP contribution in [0.25, 0.3) is 0 Å². The Balaban J connectivity index is 1.32. The number of benzene rings is 1. The number of aliphatic hydroxyl groups is 2. The summed E-state index contributed by atoms with van der Waals surface area (Å²) in [6.45, 7) is -0.436. The number of alkyl halides is 2. The van der Waals surface area contributed by atoms with Crippen molar-refractivity contribution in [2.75, 3.05) is 13.1 Å². The molecular weight excluding hydrogens is 518 g/mol. The van der Waals surface area contributed by atoms with Crippen molar-refractivity contribution in [3.05, 3.63) is 34.9 Å². The molecule has 0 saturated carbocycles. The highest BCUT2D eigenvalue weighted by Gasteiger charge is 2.73. The van der Waals surface area contributed by atoms with Gasteiger partial charge in [0.2, 0.25) is 17.6 Å². The molecule has 0 bridgehead atoms. The number of carbonyl (C=O) groups is 3. The number of hydrogen-bond donors (Lipinski definition) is 6. The number of guanidine groups is 2. The third-order valence-electron chi connectivity index (χ3n) is 8.36. The second kappa shape index (κ2) is 8.32. The van der Waals surface area contributed by atoms with Crippen molar-refractivity contribution in [2.45, 2.75) is 67.6 Å². The third kappa shape index (κ3) is 3.52. The van der Waals surface area contributed by atoms with Gasteiger partial charge in [0.25, 0.3) is 11.8 Å². The maximum Gasteiger partial charge on any atom is 0.273 e. The SMILES string of the molecule is NC1=N[C@H]2[C@H](CN3C(=O)CCC3=O)N=C(N)N3C[C@H](NC(=O)c4cccc5c4CCCC5(F)F)C(O)(O)[C@]23N1. The minimum absolute atomic E-state index is 0.0160. The first-order valence-electron chi connectivity index (χ1n) is 12.7. The summed E-state index contributed by atoms with van der Waals surface area (Å²) in [5.74, 6) is -7.66. The van der Waals surface area contributed by atoms with Gasteiger partial charge in [-0.05, 0) is 24.5 Å². The summed E-state index contributed by atoms with van der Waals surface area (Å²) in [4.78, 5) is 48.9. The average molecular weight is 547 g/mol. The van der Waals surface area contributed by atoms with E-state index in [-0.39, 0.29) is 85.6 Å². The second-order valence-corrected chi connectivity index (χ2v) is 10.6. The number of imide groups is 1. The maximum atomic E-state index is 14.5. The molecule has 0 aromatic heterocycles. The molecule has 0 radical (unpaired) electrons. The predicted octanol–water partition coefficient (Wildman–Crippen LogP) is -1.96. The fourth-order valence-electron chi connectivity index (χ4n) is 6.52. The van der Waals surface area contributed by atoms with Gasteiger partial charge < -0.3 is 37.2 Å². The zero-order valence-electron chi connectivity index (χ0n) is 20.7. The van der Waals surface area contributed by atoms with E-state index in [0.29, 0.717) is 0 Å². The van der Waals surface area contributed by atoms with Gasteiger partial charge in [0.1, 0.15) is 12.1 Å². The van der Waals surface area contributed by atoms with E-state index in [0.717, 1.165) is 4.90 Å². The van der Waals surface area contributed by atoms with Crippen molar-refractivity contribution < 1.29 is 33.4 Å². The Morgan fingerprint density at radius 3 is 2.59 bits per heavy atom. The highest BCUT2D eigenvalue weighted by atomic mass is 19.3. The molecule has 4 aliphatic heterocycles. The summed E-state index contributed by atoms with van der Waals surface area (Å²) in [5.41, 5.74) is 10.3. The van der Waals surface area contributed by atoms with Gasteiger partial charge in [-0.3, -0.25) is 19.3 Å². The van der Waals surface area contributed by atoms with Crippen LogP contribution in [0.1, 0.15) is 47.2 Å². The number of nitrogens with two attached hydrogens (primary N) is 2. The molecular formula is C24H28F2N8O5. The molecule has 2 fully saturated rings. The van der Waals surface area contributed by atoms with Gasteiger partial charge in [-0.2, -0.15) is 0 Å². The van der Waals surface area contributed by atoms with Crippen molar-refractivity contribution in [3.63, 3.8) is 0 Å². The lowest BCUT2D eigenvalue weighted by atomic mass is 9.84. The van der Waals surface area contributed by atoms with Crippen LogP contribution in [0.3, 0.4) is 0 Å². The molecule has 208 valence electrons. The molecule has 2 saturated heterocycles. The maximum absolute atomic E-state index is 14.5. The number of rotatable bonds is 4. The lowest BCUT2D eigenvalue weighted by Crippen LogP contribution is -2.78. The first-order chi connectivity index (χ1) is 18.4. The molecule has 8 N–H and O–H groups in total. The van der Waals surface area contributed by atoms with E-state index in [1.165, 1.54) is 23.1 Å². The first kappa shape index (κ1) is 25.4. The Bertz CT molecular complexity index is 1330. The van der Waals surface area contributed by atoms with E-state index in [2.05, 4.69) is 20.6 Å². The molecule has 3 amide bonds. The molecule has 4 atom stereocenters. The van der Waals surface area contributed by atoms with Crippen LogP contribution >= 0.6 is 0 Å². The topological polar surface area (TPSA) is 199 Å². The number of hydrogen-bond acceptors (Lipinski definition) is 11. The summed E-state index contributed by atoms with van der Waals surface area (Å²) >= 11 is 0. The summed E-state index contributed by atoms with van der Waals surface area (Å²) < 4.78 is 29.0. The fraction of sp³-hybridized carbons (Fsp3) is 0.542. The molecule has 13 nitrogen and oxygen atoms in total. The van der Waals surface area contributed by atoms with Gasteiger partial charge in [-0.15, -0.1) is 0 Å². The number of carbonyl (C=O) groups excluding carboxylic acids is 3.